The number of halogens is 3. The summed E-state index contributed by atoms with van der Waals surface area (Å²) in [6.45, 7) is 14.0. The maximum atomic E-state index is 14.4. The van der Waals surface area contributed by atoms with Crippen LogP contribution in [0.15, 0.2) is 46.7 Å². The van der Waals surface area contributed by atoms with E-state index in [2.05, 4.69) is 55.5 Å². The molecule has 1 amide bonds. The number of amidine groups is 1. The predicted octanol–water partition coefficient (Wildman–Crippen LogP) is 9.13. The van der Waals surface area contributed by atoms with E-state index in [9.17, 15) is 18.0 Å². The molecule has 2 atom stereocenters. The minimum atomic E-state index is -4.57. The Kier molecular flexibility index (Phi) is 12.8. The Labute approximate surface area is 257 Å². The molecule has 1 heterocycles. The van der Waals surface area contributed by atoms with Crippen molar-refractivity contribution in [2.24, 2.45) is 16.3 Å². The lowest BCUT2D eigenvalue weighted by Crippen LogP contribution is -2.41. The number of carbonyl (C=O) groups excluding carboxylic acids is 1. The van der Waals surface area contributed by atoms with Crippen molar-refractivity contribution in [3.63, 3.8) is 0 Å². The molecule has 240 valence electrons. The number of alkyl halides is 3. The number of carbonyl (C=O) groups is 1. The first kappa shape index (κ1) is 34.7. The number of nitrogens with one attached hydrogen (secondary N) is 2. The van der Waals surface area contributed by atoms with Crippen molar-refractivity contribution in [2.45, 2.75) is 118 Å². The van der Waals surface area contributed by atoms with Gasteiger partial charge in [0.15, 0.2) is 0 Å². The Morgan fingerprint density at radius 3 is 2.58 bits per heavy atom. The summed E-state index contributed by atoms with van der Waals surface area (Å²) in [4.78, 5) is 19.0. The van der Waals surface area contributed by atoms with Crippen molar-refractivity contribution < 1.29 is 18.0 Å². The largest absolute Gasteiger partial charge is 0.419 e. The van der Waals surface area contributed by atoms with Gasteiger partial charge in [-0.1, -0.05) is 65.7 Å². The number of amides is 1. The van der Waals surface area contributed by atoms with Crippen LogP contribution in [-0.4, -0.2) is 42.5 Å². The van der Waals surface area contributed by atoms with Gasteiger partial charge in [0.1, 0.15) is 5.84 Å². The van der Waals surface area contributed by atoms with Gasteiger partial charge in [-0.3, -0.25) is 4.79 Å². The first-order valence-corrected chi connectivity index (χ1v) is 16.3. The monoisotopic (exact) mass is 602 g/mol. The highest BCUT2D eigenvalue weighted by molar-refractivity contribution is 5.94. The van der Waals surface area contributed by atoms with Crippen LogP contribution in [0.4, 0.5) is 18.9 Å². The van der Waals surface area contributed by atoms with Crippen LogP contribution in [-0.2, 0) is 11.2 Å². The third-order valence-electron chi connectivity index (χ3n) is 9.10. The number of nitrogens with zero attached hydrogens (tertiary/aromatic N) is 2. The lowest BCUT2D eigenvalue weighted by Gasteiger charge is -2.31. The maximum absolute atomic E-state index is 14.4. The number of aryl methyl sites for hydroxylation is 1. The third-order valence-corrected chi connectivity index (χ3v) is 9.10. The molecule has 3 rings (SSSR count). The molecule has 5 nitrogen and oxygen atoms in total. The molecule has 2 aliphatic rings. The van der Waals surface area contributed by atoms with E-state index in [1.165, 1.54) is 5.56 Å². The summed E-state index contributed by atoms with van der Waals surface area (Å²) in [6.07, 6.45) is 6.44. The van der Waals surface area contributed by atoms with Crippen LogP contribution in [0.25, 0.3) is 0 Å². The molecule has 8 heteroatoms. The number of hydrogen-bond donors (Lipinski definition) is 2. The van der Waals surface area contributed by atoms with Crippen LogP contribution in [0, 0.1) is 11.3 Å². The number of anilines is 1. The average molecular weight is 603 g/mol. The van der Waals surface area contributed by atoms with Crippen molar-refractivity contribution >= 4 is 17.4 Å². The smallest absolute Gasteiger partial charge is 0.384 e. The zero-order valence-electron chi connectivity index (χ0n) is 27.2. The SMILES string of the molecule is CCC/C=C(NCC1(CN2CCC(C)CCCC2=O)CC1)/C(=C\N=C(C)Nc1ccc(C(C)CC)cc1CC)C(F)(F)F. The number of benzene rings is 1. The summed E-state index contributed by atoms with van der Waals surface area (Å²) in [7, 11) is 0. The molecule has 2 unspecified atom stereocenters. The Balaban J connectivity index is 1.78. The molecule has 1 saturated heterocycles. The quantitative estimate of drug-likeness (QED) is 0.134. The zero-order valence-corrected chi connectivity index (χ0v) is 27.2. The molecule has 1 aromatic rings. The first-order chi connectivity index (χ1) is 20.4. The van der Waals surface area contributed by atoms with Crippen molar-refractivity contribution in [1.82, 2.24) is 10.2 Å². The molecule has 2 fully saturated rings. The Morgan fingerprint density at radius 2 is 1.95 bits per heavy atom. The summed E-state index contributed by atoms with van der Waals surface area (Å²) >= 11 is 0. The average Bonchev–Trinajstić information content (AvgIpc) is 3.74. The van der Waals surface area contributed by atoms with E-state index in [-0.39, 0.29) is 17.0 Å². The van der Waals surface area contributed by atoms with E-state index in [0.717, 1.165) is 75.4 Å². The van der Waals surface area contributed by atoms with Gasteiger partial charge in [-0.25, -0.2) is 4.99 Å². The predicted molar refractivity (Wildman–Crippen MR) is 172 cm³/mol. The molecule has 1 saturated carbocycles. The van der Waals surface area contributed by atoms with Gasteiger partial charge in [0.2, 0.25) is 5.91 Å². The fourth-order valence-electron chi connectivity index (χ4n) is 5.65. The van der Waals surface area contributed by atoms with Crippen molar-refractivity contribution in [3.05, 3.63) is 52.9 Å². The van der Waals surface area contributed by atoms with E-state index in [0.29, 0.717) is 43.6 Å². The first-order valence-electron chi connectivity index (χ1n) is 16.3. The minimum Gasteiger partial charge on any atom is -0.384 e. The topological polar surface area (TPSA) is 56.7 Å². The molecule has 0 aromatic heterocycles. The van der Waals surface area contributed by atoms with Gasteiger partial charge in [0, 0.05) is 49.1 Å². The van der Waals surface area contributed by atoms with Crippen molar-refractivity contribution in [3.8, 4) is 0 Å². The highest BCUT2D eigenvalue weighted by atomic mass is 19.4. The van der Waals surface area contributed by atoms with Crippen LogP contribution in [0.2, 0.25) is 0 Å². The normalized spacial score (nSPS) is 20.9. The zero-order chi connectivity index (χ0) is 31.6. The van der Waals surface area contributed by atoms with Gasteiger partial charge in [-0.15, -0.1) is 0 Å². The molecular formula is C35H53F3N4O. The Hall–Kier alpha value is -2.77. The fraction of sp³-hybridized carbons (Fsp3) is 0.657. The van der Waals surface area contributed by atoms with Crippen molar-refractivity contribution in [1.29, 1.82) is 0 Å². The lowest BCUT2D eigenvalue weighted by atomic mass is 9.95. The molecule has 43 heavy (non-hydrogen) atoms. The molecule has 1 aliphatic carbocycles. The highest BCUT2D eigenvalue weighted by Crippen LogP contribution is 2.46. The fourth-order valence-corrected chi connectivity index (χ4v) is 5.65. The molecular weight excluding hydrogens is 549 g/mol. The van der Waals surface area contributed by atoms with E-state index in [4.69, 9.17) is 0 Å². The van der Waals surface area contributed by atoms with E-state index in [1.807, 2.05) is 17.9 Å². The van der Waals surface area contributed by atoms with Gasteiger partial charge in [0.05, 0.1) is 5.57 Å². The van der Waals surface area contributed by atoms with E-state index >= 15 is 0 Å². The standard InChI is InChI=1S/C35H53F3N4O/c1-7-10-13-32(40-23-34(18-19-34)24-42-20-17-25(4)12-11-14-33(42)43)30(35(36,37)38)22-39-27(6)41-31-16-15-29(26(5)8-2)21-28(31)9-3/h13,15-16,21-22,25-26,40H,7-12,14,17-20,23-24H2,1-6H3,(H,39,41)/b30-22+,32-13-. The number of likely N-dealkylation sites (tertiary alicyclic amines) is 1. The van der Waals surface area contributed by atoms with E-state index < -0.39 is 11.7 Å². The van der Waals surface area contributed by atoms with Gasteiger partial charge in [0.25, 0.3) is 0 Å². The molecule has 2 N–H and O–H groups in total. The Bertz CT molecular complexity index is 1170. The van der Waals surface area contributed by atoms with Crippen LogP contribution < -0.4 is 10.6 Å². The molecule has 0 spiro atoms. The Morgan fingerprint density at radius 1 is 1.21 bits per heavy atom. The lowest BCUT2D eigenvalue weighted by molar-refractivity contribution is -0.133. The number of allylic oxidation sites excluding steroid dienone is 2. The summed E-state index contributed by atoms with van der Waals surface area (Å²) in [5.41, 5.74) is 2.34. The summed E-state index contributed by atoms with van der Waals surface area (Å²) in [6, 6.07) is 6.24. The summed E-state index contributed by atoms with van der Waals surface area (Å²) in [5.74, 6) is 1.60. The van der Waals surface area contributed by atoms with Crippen molar-refractivity contribution in [2.75, 3.05) is 25.0 Å². The molecule has 0 bridgehead atoms. The minimum absolute atomic E-state index is 0.0666. The maximum Gasteiger partial charge on any atom is 0.419 e. The number of hydrogen-bond acceptors (Lipinski definition) is 3. The van der Waals surface area contributed by atoms with Crippen LogP contribution in [0.1, 0.15) is 116 Å². The van der Waals surface area contributed by atoms with Crippen LogP contribution in [0.5, 0.6) is 0 Å². The second kappa shape index (κ2) is 15.8. The molecule has 0 radical (unpaired) electrons. The van der Waals surface area contributed by atoms with Gasteiger partial charge < -0.3 is 15.5 Å². The van der Waals surface area contributed by atoms with Gasteiger partial charge in [-0.05, 0) is 80.9 Å². The van der Waals surface area contributed by atoms with Gasteiger partial charge >= 0.3 is 6.18 Å². The van der Waals surface area contributed by atoms with E-state index in [1.54, 1.807) is 13.0 Å². The van der Waals surface area contributed by atoms with Gasteiger partial charge in [-0.2, -0.15) is 13.2 Å². The van der Waals surface area contributed by atoms with Crippen LogP contribution >= 0.6 is 0 Å². The third kappa shape index (κ3) is 10.4. The molecule has 1 aromatic carbocycles. The van der Waals surface area contributed by atoms with Crippen LogP contribution in [0.3, 0.4) is 0 Å². The molecule has 1 aliphatic heterocycles. The number of rotatable bonds is 13. The highest BCUT2D eigenvalue weighted by Gasteiger charge is 2.45. The number of aliphatic imine (C=N–C) groups is 1. The summed E-state index contributed by atoms with van der Waals surface area (Å²) < 4.78 is 43.3. The number of unbranched alkanes of at least 4 members (excludes halogenated alkanes) is 1. The second-order valence-corrected chi connectivity index (χ2v) is 12.8. The second-order valence-electron chi connectivity index (χ2n) is 12.8. The summed E-state index contributed by atoms with van der Waals surface area (Å²) in [5, 5.41) is 6.39.